The summed E-state index contributed by atoms with van der Waals surface area (Å²) in [4.78, 5) is 13.4. The lowest BCUT2D eigenvalue weighted by Gasteiger charge is -2.14. The van der Waals surface area contributed by atoms with Gasteiger partial charge in [0.05, 0.1) is 6.10 Å². The zero-order chi connectivity index (χ0) is 17.1. The Bertz CT molecular complexity index is 741. The molecule has 6 nitrogen and oxygen atoms in total. The molecular formula is C16H21ClN4O2S2. The fourth-order valence-corrected chi connectivity index (χ4v) is 4.43. The smallest absolute Gasteiger partial charge is 0.253 e. The number of rotatable bonds is 5. The highest BCUT2D eigenvalue weighted by Gasteiger charge is 2.30. The minimum atomic E-state index is -0.406. The second kappa shape index (κ2) is 8.95. The lowest BCUT2D eigenvalue weighted by Crippen LogP contribution is -2.30. The zero-order valence-electron chi connectivity index (χ0n) is 14.0. The van der Waals surface area contributed by atoms with Crippen molar-refractivity contribution in [2.24, 2.45) is 5.73 Å². The number of carbonyl (C=O) groups is 1. The van der Waals surface area contributed by atoms with Crippen molar-refractivity contribution in [2.45, 2.75) is 48.1 Å². The van der Waals surface area contributed by atoms with Crippen LogP contribution in [0, 0.1) is 13.8 Å². The van der Waals surface area contributed by atoms with Gasteiger partial charge in [0.2, 0.25) is 0 Å². The second-order valence-corrected chi connectivity index (χ2v) is 8.22. The molecule has 1 fully saturated rings. The number of anilines is 1. The molecule has 3 rings (SSSR count). The highest BCUT2D eigenvalue weighted by Crippen LogP contribution is 2.32. The van der Waals surface area contributed by atoms with Gasteiger partial charge in [0.25, 0.3) is 5.91 Å². The fraction of sp³-hybridized carbons (Fsp3) is 0.438. The number of carbonyl (C=O) groups excluding carboxylic acids is 1. The van der Waals surface area contributed by atoms with Crippen LogP contribution in [0.25, 0.3) is 0 Å². The zero-order valence-corrected chi connectivity index (χ0v) is 16.5. The van der Waals surface area contributed by atoms with E-state index in [4.69, 9.17) is 10.5 Å². The Morgan fingerprint density at radius 1 is 1.40 bits per heavy atom. The molecule has 9 heteroatoms. The van der Waals surface area contributed by atoms with Gasteiger partial charge in [-0.1, -0.05) is 23.1 Å². The summed E-state index contributed by atoms with van der Waals surface area (Å²) < 4.78 is 6.55. The number of nitrogens with zero attached hydrogens (tertiary/aromatic N) is 2. The van der Waals surface area contributed by atoms with Crippen LogP contribution < -0.4 is 11.1 Å². The first-order valence-electron chi connectivity index (χ1n) is 7.80. The van der Waals surface area contributed by atoms with E-state index in [1.54, 1.807) is 23.1 Å². The number of aromatic nitrogens is 2. The van der Waals surface area contributed by atoms with Gasteiger partial charge >= 0.3 is 0 Å². The first-order chi connectivity index (χ1) is 11.5. The quantitative estimate of drug-likeness (QED) is 0.801. The summed E-state index contributed by atoms with van der Waals surface area (Å²) in [6.07, 6.45) is 1.15. The number of ether oxygens (including phenoxy) is 1. The molecule has 1 aromatic heterocycles. The van der Waals surface area contributed by atoms with E-state index in [0.717, 1.165) is 38.3 Å². The van der Waals surface area contributed by atoms with Crippen LogP contribution in [0.4, 0.5) is 5.69 Å². The van der Waals surface area contributed by atoms with Crippen LogP contribution >= 0.6 is 35.5 Å². The SMILES string of the molecule is Cc1nnc(Sc2ccc(NC(=O)[C@@H]3CC[C@H](CN)O3)c(C)c2)s1.Cl. The van der Waals surface area contributed by atoms with E-state index in [0.29, 0.717) is 6.54 Å². The Labute approximate surface area is 161 Å². The molecule has 1 aromatic carbocycles. The normalized spacial score (nSPS) is 19.5. The molecule has 3 N–H and O–H groups in total. The molecule has 1 aliphatic rings. The van der Waals surface area contributed by atoms with E-state index in [9.17, 15) is 4.79 Å². The van der Waals surface area contributed by atoms with Gasteiger partial charge in [-0.05, 0) is 50.5 Å². The van der Waals surface area contributed by atoms with Crippen molar-refractivity contribution in [3.8, 4) is 0 Å². The number of aryl methyl sites for hydroxylation is 2. The van der Waals surface area contributed by atoms with E-state index in [1.165, 1.54) is 0 Å². The molecule has 0 aliphatic carbocycles. The third kappa shape index (κ3) is 5.15. The van der Waals surface area contributed by atoms with Crippen molar-refractivity contribution in [3.05, 3.63) is 28.8 Å². The molecule has 1 amide bonds. The summed E-state index contributed by atoms with van der Waals surface area (Å²) in [6, 6.07) is 5.93. The molecule has 1 saturated heterocycles. The second-order valence-electron chi connectivity index (χ2n) is 5.71. The molecule has 25 heavy (non-hydrogen) atoms. The predicted octanol–water partition coefficient (Wildman–Crippen LogP) is 3.17. The van der Waals surface area contributed by atoms with Gasteiger partial charge in [-0.2, -0.15) is 0 Å². The minimum absolute atomic E-state index is 0. The first kappa shape index (κ1) is 20.1. The van der Waals surface area contributed by atoms with Crippen LogP contribution in [0.5, 0.6) is 0 Å². The van der Waals surface area contributed by atoms with E-state index in [1.807, 2.05) is 32.0 Å². The Kier molecular flexibility index (Phi) is 7.21. The van der Waals surface area contributed by atoms with Crippen LogP contribution in [-0.4, -0.2) is 34.9 Å². The summed E-state index contributed by atoms with van der Waals surface area (Å²) in [7, 11) is 0. The van der Waals surface area contributed by atoms with Crippen molar-refractivity contribution in [1.29, 1.82) is 0 Å². The fourth-order valence-electron chi connectivity index (χ4n) is 2.55. The van der Waals surface area contributed by atoms with E-state index in [-0.39, 0.29) is 24.4 Å². The maximum atomic E-state index is 12.3. The number of hydrogen-bond acceptors (Lipinski definition) is 7. The van der Waals surface area contributed by atoms with Gasteiger partial charge < -0.3 is 15.8 Å². The van der Waals surface area contributed by atoms with E-state index < -0.39 is 6.10 Å². The van der Waals surface area contributed by atoms with Crippen molar-refractivity contribution in [2.75, 3.05) is 11.9 Å². The number of hydrogen-bond donors (Lipinski definition) is 2. The minimum Gasteiger partial charge on any atom is -0.364 e. The molecule has 2 atom stereocenters. The topological polar surface area (TPSA) is 90.1 Å². The summed E-state index contributed by atoms with van der Waals surface area (Å²) in [5.41, 5.74) is 7.39. The molecule has 0 radical (unpaired) electrons. The van der Waals surface area contributed by atoms with Gasteiger partial charge in [0.15, 0.2) is 4.34 Å². The molecule has 136 valence electrons. The van der Waals surface area contributed by atoms with Crippen LogP contribution in [0.2, 0.25) is 0 Å². The highest BCUT2D eigenvalue weighted by atomic mass is 35.5. The van der Waals surface area contributed by atoms with Gasteiger partial charge in [-0.25, -0.2) is 0 Å². The Morgan fingerprint density at radius 3 is 2.80 bits per heavy atom. The van der Waals surface area contributed by atoms with Crippen molar-refractivity contribution in [1.82, 2.24) is 10.2 Å². The molecule has 2 heterocycles. The number of benzene rings is 1. The summed E-state index contributed by atoms with van der Waals surface area (Å²) >= 11 is 3.14. The number of halogens is 1. The average molecular weight is 401 g/mol. The third-order valence-electron chi connectivity index (χ3n) is 3.83. The Hall–Kier alpha value is -1.19. The Balaban J connectivity index is 0.00000225. The summed E-state index contributed by atoms with van der Waals surface area (Å²) in [5.74, 6) is -0.103. The largest absolute Gasteiger partial charge is 0.364 e. The number of nitrogens with one attached hydrogen (secondary N) is 1. The van der Waals surface area contributed by atoms with E-state index >= 15 is 0 Å². The van der Waals surface area contributed by atoms with Crippen LogP contribution in [0.15, 0.2) is 27.4 Å². The van der Waals surface area contributed by atoms with Crippen LogP contribution in [0.3, 0.4) is 0 Å². The average Bonchev–Trinajstić information content (AvgIpc) is 3.19. The van der Waals surface area contributed by atoms with Crippen LogP contribution in [-0.2, 0) is 9.53 Å². The van der Waals surface area contributed by atoms with E-state index in [2.05, 4.69) is 15.5 Å². The predicted molar refractivity (Wildman–Crippen MR) is 103 cm³/mol. The van der Waals surface area contributed by atoms with Gasteiger partial charge in [0.1, 0.15) is 11.1 Å². The standard InChI is InChI=1S/C16H20N4O2S2.ClH/c1-9-7-12(24-16-20-19-10(2)23-16)4-5-13(9)18-15(21)14-6-3-11(8-17)22-14;/h4-5,7,11,14H,3,6,8,17H2,1-2H3,(H,18,21);1H/t11-,14+;/m1./s1. The summed E-state index contributed by atoms with van der Waals surface area (Å²) in [5, 5.41) is 12.0. The summed E-state index contributed by atoms with van der Waals surface area (Å²) in [6.45, 7) is 4.37. The maximum absolute atomic E-state index is 12.3. The molecule has 0 unspecified atom stereocenters. The lowest BCUT2D eigenvalue weighted by atomic mass is 10.1. The first-order valence-corrected chi connectivity index (χ1v) is 9.43. The maximum Gasteiger partial charge on any atom is 0.253 e. The van der Waals surface area contributed by atoms with Crippen molar-refractivity contribution < 1.29 is 9.53 Å². The third-order valence-corrected chi connectivity index (χ3v) is 5.71. The highest BCUT2D eigenvalue weighted by molar-refractivity contribution is 8.01. The van der Waals surface area contributed by atoms with Crippen molar-refractivity contribution >= 4 is 47.1 Å². The van der Waals surface area contributed by atoms with Gasteiger partial charge in [0, 0.05) is 17.1 Å². The number of nitrogens with two attached hydrogens (primary N) is 1. The van der Waals surface area contributed by atoms with Gasteiger partial charge in [-0.3, -0.25) is 4.79 Å². The molecule has 0 bridgehead atoms. The molecule has 0 saturated carbocycles. The molecular weight excluding hydrogens is 380 g/mol. The van der Waals surface area contributed by atoms with Gasteiger partial charge in [-0.15, -0.1) is 22.6 Å². The number of amides is 1. The molecule has 1 aliphatic heterocycles. The molecule has 0 spiro atoms. The van der Waals surface area contributed by atoms with Crippen molar-refractivity contribution in [3.63, 3.8) is 0 Å². The lowest BCUT2D eigenvalue weighted by molar-refractivity contribution is -0.126. The molecule has 2 aromatic rings. The van der Waals surface area contributed by atoms with Crippen LogP contribution in [0.1, 0.15) is 23.4 Å². The Morgan fingerprint density at radius 2 is 2.20 bits per heavy atom. The monoisotopic (exact) mass is 400 g/mol.